The molecule has 0 bridgehead atoms. The number of carbonyl (C=O) groups excluding carboxylic acids is 1. The van der Waals surface area contributed by atoms with Gasteiger partial charge in [0, 0.05) is 19.5 Å². The van der Waals surface area contributed by atoms with Crippen LogP contribution in [0.3, 0.4) is 0 Å². The lowest BCUT2D eigenvalue weighted by molar-refractivity contribution is -0.133. The zero-order chi connectivity index (χ0) is 14.3. The molecule has 1 rings (SSSR count). The van der Waals surface area contributed by atoms with Crippen molar-refractivity contribution < 1.29 is 4.79 Å². The maximum atomic E-state index is 12.3. The van der Waals surface area contributed by atoms with Crippen molar-refractivity contribution in [3.05, 3.63) is 0 Å². The summed E-state index contributed by atoms with van der Waals surface area (Å²) < 4.78 is 0. The van der Waals surface area contributed by atoms with E-state index < -0.39 is 0 Å². The first-order valence-corrected chi connectivity index (χ1v) is 8.06. The minimum absolute atomic E-state index is 0.362. The highest BCUT2D eigenvalue weighted by Gasteiger charge is 2.23. The molecule has 0 saturated carbocycles. The van der Waals surface area contributed by atoms with E-state index in [2.05, 4.69) is 25.7 Å². The second-order valence-electron chi connectivity index (χ2n) is 6.38. The zero-order valence-electron chi connectivity index (χ0n) is 13.0. The predicted octanol–water partition coefficient (Wildman–Crippen LogP) is 3.04. The summed E-state index contributed by atoms with van der Waals surface area (Å²) in [6.07, 6.45) is 6.43. The molecule has 0 aromatic carbocycles. The number of amides is 1. The highest BCUT2D eigenvalue weighted by molar-refractivity contribution is 5.76. The van der Waals surface area contributed by atoms with Crippen molar-refractivity contribution in [2.75, 3.05) is 19.6 Å². The van der Waals surface area contributed by atoms with Gasteiger partial charge in [0.15, 0.2) is 0 Å². The highest BCUT2D eigenvalue weighted by Crippen LogP contribution is 2.23. The van der Waals surface area contributed by atoms with Gasteiger partial charge in [-0.1, -0.05) is 27.2 Å². The molecule has 1 heterocycles. The van der Waals surface area contributed by atoms with Crippen molar-refractivity contribution in [3.8, 4) is 0 Å². The van der Waals surface area contributed by atoms with Crippen LogP contribution in [0.5, 0.6) is 0 Å². The van der Waals surface area contributed by atoms with Crippen molar-refractivity contribution in [1.82, 2.24) is 4.90 Å². The quantitative estimate of drug-likeness (QED) is 0.771. The van der Waals surface area contributed by atoms with Gasteiger partial charge in [-0.05, 0) is 50.0 Å². The molecule has 1 aliphatic heterocycles. The molecule has 2 N–H and O–H groups in total. The number of likely N-dealkylation sites (tertiary alicyclic amines) is 1. The molecular weight excluding hydrogens is 236 g/mol. The van der Waals surface area contributed by atoms with Crippen LogP contribution in [-0.4, -0.2) is 30.4 Å². The van der Waals surface area contributed by atoms with Gasteiger partial charge in [0.1, 0.15) is 0 Å². The molecule has 0 aromatic rings. The van der Waals surface area contributed by atoms with Crippen LogP contribution in [0.25, 0.3) is 0 Å². The lowest BCUT2D eigenvalue weighted by atomic mass is 9.88. The minimum Gasteiger partial charge on any atom is -0.342 e. The Kier molecular flexibility index (Phi) is 7.44. The summed E-state index contributed by atoms with van der Waals surface area (Å²) in [6, 6.07) is 0. The minimum atomic E-state index is 0.362. The molecule has 2 atom stereocenters. The average molecular weight is 268 g/mol. The zero-order valence-corrected chi connectivity index (χ0v) is 13.0. The number of piperidine rings is 1. The van der Waals surface area contributed by atoms with E-state index in [1.807, 2.05) is 0 Å². The summed E-state index contributed by atoms with van der Waals surface area (Å²) in [4.78, 5) is 14.4. The molecule has 3 heteroatoms. The molecule has 0 spiro atoms. The fraction of sp³-hybridized carbons (Fsp3) is 0.938. The third-order valence-corrected chi connectivity index (χ3v) is 4.66. The number of hydrogen-bond acceptors (Lipinski definition) is 2. The third-order valence-electron chi connectivity index (χ3n) is 4.66. The van der Waals surface area contributed by atoms with E-state index in [0.717, 1.165) is 38.4 Å². The summed E-state index contributed by atoms with van der Waals surface area (Å²) >= 11 is 0. The van der Waals surface area contributed by atoms with E-state index >= 15 is 0 Å². The van der Waals surface area contributed by atoms with E-state index in [9.17, 15) is 4.79 Å². The van der Waals surface area contributed by atoms with Crippen LogP contribution in [-0.2, 0) is 4.79 Å². The topological polar surface area (TPSA) is 46.3 Å². The van der Waals surface area contributed by atoms with Crippen LogP contribution in [0.15, 0.2) is 0 Å². The first kappa shape index (κ1) is 16.5. The van der Waals surface area contributed by atoms with Crippen molar-refractivity contribution in [2.45, 2.75) is 59.3 Å². The highest BCUT2D eigenvalue weighted by atomic mass is 16.2. The Hall–Kier alpha value is -0.570. The molecule has 1 aliphatic rings. The maximum Gasteiger partial charge on any atom is 0.222 e. The van der Waals surface area contributed by atoms with E-state index in [0.29, 0.717) is 24.2 Å². The fourth-order valence-electron chi connectivity index (χ4n) is 3.12. The second kappa shape index (κ2) is 8.57. The fourth-order valence-corrected chi connectivity index (χ4v) is 3.12. The van der Waals surface area contributed by atoms with Gasteiger partial charge < -0.3 is 10.6 Å². The van der Waals surface area contributed by atoms with Crippen LogP contribution < -0.4 is 5.73 Å². The molecule has 0 aliphatic carbocycles. The van der Waals surface area contributed by atoms with E-state index in [4.69, 9.17) is 5.73 Å². The Balaban J connectivity index is 2.37. The van der Waals surface area contributed by atoms with Gasteiger partial charge >= 0.3 is 0 Å². The van der Waals surface area contributed by atoms with Gasteiger partial charge in [-0.15, -0.1) is 0 Å². The summed E-state index contributed by atoms with van der Waals surface area (Å²) in [5, 5.41) is 0. The number of nitrogens with two attached hydrogens (primary N) is 1. The summed E-state index contributed by atoms with van der Waals surface area (Å²) in [6.45, 7) is 9.39. The largest absolute Gasteiger partial charge is 0.342 e. The molecule has 2 unspecified atom stereocenters. The molecule has 112 valence electrons. The second-order valence-corrected chi connectivity index (χ2v) is 6.38. The molecule has 3 nitrogen and oxygen atoms in total. The number of rotatable bonds is 7. The van der Waals surface area contributed by atoms with Gasteiger partial charge in [-0.3, -0.25) is 4.79 Å². The average Bonchev–Trinajstić information content (AvgIpc) is 2.42. The predicted molar refractivity (Wildman–Crippen MR) is 80.8 cm³/mol. The number of hydrogen-bond donors (Lipinski definition) is 1. The normalized spacial score (nSPS) is 21.7. The van der Waals surface area contributed by atoms with Crippen LogP contribution in [0.2, 0.25) is 0 Å². The van der Waals surface area contributed by atoms with Crippen LogP contribution in [0.1, 0.15) is 59.3 Å². The first-order chi connectivity index (χ1) is 9.08. The van der Waals surface area contributed by atoms with Gasteiger partial charge in [0.2, 0.25) is 5.91 Å². The maximum absolute atomic E-state index is 12.3. The summed E-state index contributed by atoms with van der Waals surface area (Å²) in [5.41, 5.74) is 5.66. The molecule has 19 heavy (non-hydrogen) atoms. The monoisotopic (exact) mass is 268 g/mol. The molecule has 0 aromatic heterocycles. The third kappa shape index (κ3) is 5.52. The van der Waals surface area contributed by atoms with Crippen LogP contribution >= 0.6 is 0 Å². The Morgan fingerprint density at radius 1 is 1.37 bits per heavy atom. The van der Waals surface area contributed by atoms with Gasteiger partial charge in [0.05, 0.1) is 0 Å². The Morgan fingerprint density at radius 2 is 2.11 bits per heavy atom. The van der Waals surface area contributed by atoms with E-state index in [1.54, 1.807) is 0 Å². The van der Waals surface area contributed by atoms with Crippen molar-refractivity contribution in [1.29, 1.82) is 0 Å². The summed E-state index contributed by atoms with van der Waals surface area (Å²) in [5.74, 6) is 2.31. The molecular formula is C16H32N2O. The van der Waals surface area contributed by atoms with Crippen molar-refractivity contribution in [3.63, 3.8) is 0 Å². The smallest absolute Gasteiger partial charge is 0.222 e. The molecule has 0 radical (unpaired) electrons. The SMILES string of the molecule is CCC1CCCN(C(=O)CCC(CCN)C(C)C)C1. The molecule has 1 saturated heterocycles. The van der Waals surface area contributed by atoms with Gasteiger partial charge in [0.25, 0.3) is 0 Å². The Labute approximate surface area is 118 Å². The standard InChI is InChI=1S/C16H32N2O/c1-4-14-6-5-11-18(12-14)16(19)8-7-15(9-10-17)13(2)3/h13-15H,4-12,17H2,1-3H3. The first-order valence-electron chi connectivity index (χ1n) is 8.06. The van der Waals surface area contributed by atoms with Crippen molar-refractivity contribution >= 4 is 5.91 Å². The number of carbonyl (C=O) groups is 1. The van der Waals surface area contributed by atoms with Crippen LogP contribution in [0, 0.1) is 17.8 Å². The van der Waals surface area contributed by atoms with E-state index in [-0.39, 0.29) is 0 Å². The van der Waals surface area contributed by atoms with Crippen molar-refractivity contribution in [2.24, 2.45) is 23.5 Å². The van der Waals surface area contributed by atoms with Gasteiger partial charge in [-0.2, -0.15) is 0 Å². The van der Waals surface area contributed by atoms with Crippen LogP contribution in [0.4, 0.5) is 0 Å². The Bertz CT molecular complexity index is 265. The molecule has 1 fully saturated rings. The Morgan fingerprint density at radius 3 is 2.68 bits per heavy atom. The molecule has 1 amide bonds. The lowest BCUT2D eigenvalue weighted by Gasteiger charge is -2.33. The number of nitrogens with zero attached hydrogens (tertiary/aromatic N) is 1. The van der Waals surface area contributed by atoms with Gasteiger partial charge in [-0.25, -0.2) is 0 Å². The summed E-state index contributed by atoms with van der Waals surface area (Å²) in [7, 11) is 0. The lowest BCUT2D eigenvalue weighted by Crippen LogP contribution is -2.39. The van der Waals surface area contributed by atoms with E-state index in [1.165, 1.54) is 19.3 Å².